The molecule has 1 aromatic heterocycles. The van der Waals surface area contributed by atoms with E-state index in [0.29, 0.717) is 37.7 Å². The number of furan rings is 1. The van der Waals surface area contributed by atoms with Crippen molar-refractivity contribution in [2.45, 2.75) is 45.7 Å². The number of carboxylic acids is 1. The second-order valence-corrected chi connectivity index (χ2v) is 8.28. The Morgan fingerprint density at radius 2 is 2.07 bits per heavy atom. The molecule has 1 amide bonds. The molecule has 2 aliphatic rings. The predicted molar refractivity (Wildman–Crippen MR) is 105 cm³/mol. The number of piperidine rings is 1. The van der Waals surface area contributed by atoms with E-state index < -0.39 is 11.4 Å². The molecule has 148 valence electrons. The van der Waals surface area contributed by atoms with Gasteiger partial charge in [0.2, 0.25) is 0 Å². The number of nitrogens with zero attached hydrogens (tertiary/aromatic N) is 2. The van der Waals surface area contributed by atoms with Crippen LogP contribution in [0, 0.1) is 5.41 Å². The summed E-state index contributed by atoms with van der Waals surface area (Å²) in [6.07, 6.45) is 3.80. The molecule has 3 heterocycles. The van der Waals surface area contributed by atoms with Crippen molar-refractivity contribution < 1.29 is 19.1 Å². The Bertz CT molecular complexity index is 905. The highest BCUT2D eigenvalue weighted by Crippen LogP contribution is 2.35. The standard InChI is InChI=1S/C22H26N2O4/c1-15-12-16-6-3-4-7-18(16)24(15)13-17-8-11-28-19(17)20(25)23-10-5-9-22(2,14-23)21(26)27/h3-4,6-8,11,15H,5,9-10,12-14H2,1-2H3,(H,26,27). The van der Waals surface area contributed by atoms with Crippen LogP contribution >= 0.6 is 0 Å². The maximum atomic E-state index is 13.1. The van der Waals surface area contributed by atoms with Gasteiger partial charge >= 0.3 is 5.97 Å². The average Bonchev–Trinajstić information content (AvgIpc) is 3.26. The Morgan fingerprint density at radius 1 is 1.29 bits per heavy atom. The molecule has 2 aliphatic heterocycles. The van der Waals surface area contributed by atoms with E-state index in [9.17, 15) is 14.7 Å². The van der Waals surface area contributed by atoms with Crippen LogP contribution in [0.25, 0.3) is 0 Å². The molecule has 6 heteroatoms. The van der Waals surface area contributed by atoms with Crippen LogP contribution in [0.1, 0.15) is 48.4 Å². The lowest BCUT2D eigenvalue weighted by atomic mass is 9.82. The zero-order chi connectivity index (χ0) is 19.9. The summed E-state index contributed by atoms with van der Waals surface area (Å²) >= 11 is 0. The van der Waals surface area contributed by atoms with Gasteiger partial charge in [-0.25, -0.2) is 0 Å². The van der Waals surface area contributed by atoms with Gasteiger partial charge < -0.3 is 19.3 Å². The van der Waals surface area contributed by atoms with E-state index in [0.717, 1.165) is 12.0 Å². The summed E-state index contributed by atoms with van der Waals surface area (Å²) in [7, 11) is 0. The van der Waals surface area contributed by atoms with Crippen molar-refractivity contribution in [3.05, 3.63) is 53.5 Å². The first-order chi connectivity index (χ1) is 13.4. The van der Waals surface area contributed by atoms with Crippen molar-refractivity contribution in [3.63, 3.8) is 0 Å². The van der Waals surface area contributed by atoms with Crippen LogP contribution in [0.5, 0.6) is 0 Å². The average molecular weight is 382 g/mol. The largest absolute Gasteiger partial charge is 0.481 e. The molecule has 1 N–H and O–H groups in total. The maximum absolute atomic E-state index is 13.1. The Labute approximate surface area is 164 Å². The van der Waals surface area contributed by atoms with E-state index in [-0.39, 0.29) is 12.5 Å². The van der Waals surface area contributed by atoms with Crippen LogP contribution in [-0.4, -0.2) is 41.0 Å². The van der Waals surface area contributed by atoms with E-state index in [2.05, 4.69) is 30.0 Å². The number of para-hydroxylation sites is 1. The number of carbonyl (C=O) groups is 2. The quantitative estimate of drug-likeness (QED) is 0.875. The molecule has 1 aromatic carbocycles. The van der Waals surface area contributed by atoms with Crippen LogP contribution in [0.4, 0.5) is 5.69 Å². The molecule has 1 saturated heterocycles. The number of carboxylic acid groups (broad SMARTS) is 1. The van der Waals surface area contributed by atoms with Gasteiger partial charge in [-0.05, 0) is 50.8 Å². The van der Waals surface area contributed by atoms with E-state index in [4.69, 9.17) is 4.42 Å². The molecule has 0 aliphatic carbocycles. The fraction of sp³-hybridized carbons (Fsp3) is 0.455. The number of hydrogen-bond acceptors (Lipinski definition) is 4. The minimum atomic E-state index is -0.900. The van der Waals surface area contributed by atoms with Crippen LogP contribution in [0.2, 0.25) is 0 Å². The third kappa shape index (κ3) is 3.17. The first-order valence-corrected chi connectivity index (χ1v) is 9.82. The summed E-state index contributed by atoms with van der Waals surface area (Å²) in [5.41, 5.74) is 2.46. The van der Waals surface area contributed by atoms with Crippen molar-refractivity contribution in [3.8, 4) is 0 Å². The fourth-order valence-corrected chi connectivity index (χ4v) is 4.43. The molecule has 6 nitrogen and oxygen atoms in total. The second-order valence-electron chi connectivity index (χ2n) is 8.28. The van der Waals surface area contributed by atoms with E-state index in [1.54, 1.807) is 18.1 Å². The van der Waals surface area contributed by atoms with E-state index in [1.807, 2.05) is 12.1 Å². The lowest BCUT2D eigenvalue weighted by molar-refractivity contribution is -0.150. The summed E-state index contributed by atoms with van der Waals surface area (Å²) in [4.78, 5) is 28.7. The van der Waals surface area contributed by atoms with Crippen LogP contribution < -0.4 is 4.90 Å². The lowest BCUT2D eigenvalue weighted by Crippen LogP contribution is -2.48. The fourth-order valence-electron chi connectivity index (χ4n) is 4.43. The van der Waals surface area contributed by atoms with Gasteiger partial charge in [0.15, 0.2) is 5.76 Å². The summed E-state index contributed by atoms with van der Waals surface area (Å²) in [5.74, 6) is -0.745. The van der Waals surface area contributed by atoms with Crippen molar-refractivity contribution in [2.24, 2.45) is 5.41 Å². The topological polar surface area (TPSA) is 74.0 Å². The van der Waals surface area contributed by atoms with Crippen LogP contribution in [0.3, 0.4) is 0 Å². The molecular formula is C22H26N2O4. The smallest absolute Gasteiger partial charge is 0.311 e. The molecule has 28 heavy (non-hydrogen) atoms. The summed E-state index contributed by atoms with van der Waals surface area (Å²) in [5, 5.41) is 9.53. The molecule has 0 saturated carbocycles. The number of aliphatic carboxylic acids is 1. The summed E-state index contributed by atoms with van der Waals surface area (Å²) < 4.78 is 5.58. The zero-order valence-corrected chi connectivity index (χ0v) is 16.4. The normalized spacial score (nSPS) is 24.3. The zero-order valence-electron chi connectivity index (χ0n) is 16.4. The highest BCUT2D eigenvalue weighted by atomic mass is 16.4. The monoisotopic (exact) mass is 382 g/mol. The SMILES string of the molecule is CC1Cc2ccccc2N1Cc1ccoc1C(=O)N1CCCC(C)(C(=O)O)C1. The predicted octanol–water partition coefficient (Wildman–Crippen LogP) is 3.56. The van der Waals surface area contributed by atoms with Gasteiger partial charge in [0, 0.05) is 36.9 Å². The van der Waals surface area contributed by atoms with Gasteiger partial charge in [-0.2, -0.15) is 0 Å². The van der Waals surface area contributed by atoms with Gasteiger partial charge in [-0.3, -0.25) is 9.59 Å². The molecule has 0 radical (unpaired) electrons. The number of fused-ring (bicyclic) bond motifs is 1. The third-order valence-corrected chi connectivity index (χ3v) is 6.13. The molecule has 2 unspecified atom stereocenters. The minimum Gasteiger partial charge on any atom is -0.481 e. The number of benzene rings is 1. The minimum absolute atomic E-state index is 0.213. The number of hydrogen-bond donors (Lipinski definition) is 1. The molecule has 2 atom stereocenters. The Kier molecular flexibility index (Phi) is 4.65. The van der Waals surface area contributed by atoms with Crippen molar-refractivity contribution in [1.29, 1.82) is 0 Å². The van der Waals surface area contributed by atoms with Crippen molar-refractivity contribution >= 4 is 17.6 Å². The molecular weight excluding hydrogens is 356 g/mol. The molecule has 2 aromatic rings. The highest BCUT2D eigenvalue weighted by molar-refractivity contribution is 5.93. The number of likely N-dealkylation sites (tertiary alicyclic amines) is 1. The van der Waals surface area contributed by atoms with Gasteiger partial charge in [-0.1, -0.05) is 18.2 Å². The molecule has 1 fully saturated rings. The van der Waals surface area contributed by atoms with Gasteiger partial charge in [-0.15, -0.1) is 0 Å². The number of rotatable bonds is 4. The Morgan fingerprint density at radius 3 is 2.86 bits per heavy atom. The molecule has 4 rings (SSSR count). The third-order valence-electron chi connectivity index (χ3n) is 6.13. The van der Waals surface area contributed by atoms with Gasteiger partial charge in [0.25, 0.3) is 5.91 Å². The van der Waals surface area contributed by atoms with Crippen LogP contribution in [0.15, 0.2) is 41.0 Å². The lowest BCUT2D eigenvalue weighted by Gasteiger charge is -2.37. The van der Waals surface area contributed by atoms with E-state index in [1.165, 1.54) is 11.3 Å². The maximum Gasteiger partial charge on any atom is 0.311 e. The summed E-state index contributed by atoms with van der Waals surface area (Å²) in [6.45, 7) is 5.26. The second kappa shape index (κ2) is 7.00. The van der Waals surface area contributed by atoms with Crippen molar-refractivity contribution in [2.75, 3.05) is 18.0 Å². The van der Waals surface area contributed by atoms with Gasteiger partial charge in [0.1, 0.15) is 0 Å². The Balaban J connectivity index is 1.55. The van der Waals surface area contributed by atoms with Crippen LogP contribution in [-0.2, 0) is 17.8 Å². The number of amides is 1. The number of anilines is 1. The number of carbonyl (C=O) groups excluding carboxylic acids is 1. The highest BCUT2D eigenvalue weighted by Gasteiger charge is 2.40. The Hall–Kier alpha value is -2.76. The van der Waals surface area contributed by atoms with Crippen molar-refractivity contribution in [1.82, 2.24) is 4.90 Å². The van der Waals surface area contributed by atoms with E-state index >= 15 is 0 Å². The molecule has 0 spiro atoms. The first kappa shape index (κ1) is 18.6. The summed E-state index contributed by atoms with van der Waals surface area (Å²) in [6, 6.07) is 10.5. The first-order valence-electron chi connectivity index (χ1n) is 9.82. The molecule has 0 bridgehead atoms. The van der Waals surface area contributed by atoms with Gasteiger partial charge in [0.05, 0.1) is 11.7 Å².